The summed E-state index contributed by atoms with van der Waals surface area (Å²) >= 11 is 1.83. The quantitative estimate of drug-likeness (QED) is 0.845. The minimum atomic E-state index is 0.395. The molecular weight excluding hydrogens is 216 g/mol. The summed E-state index contributed by atoms with van der Waals surface area (Å²) in [5, 5.41) is 7.04. The highest BCUT2D eigenvalue weighted by Gasteiger charge is 2.48. The van der Waals surface area contributed by atoms with Crippen molar-refractivity contribution in [3.05, 3.63) is 16.1 Å². The van der Waals surface area contributed by atoms with Crippen LogP contribution in [-0.4, -0.2) is 11.5 Å². The molecule has 16 heavy (non-hydrogen) atoms. The van der Waals surface area contributed by atoms with Gasteiger partial charge < -0.3 is 5.32 Å². The maximum absolute atomic E-state index is 4.78. The Morgan fingerprint density at radius 1 is 1.62 bits per heavy atom. The Bertz CT molecular complexity index is 357. The Hall–Kier alpha value is -0.410. The van der Waals surface area contributed by atoms with E-state index in [2.05, 4.69) is 38.4 Å². The van der Waals surface area contributed by atoms with Crippen molar-refractivity contribution in [1.29, 1.82) is 0 Å². The van der Waals surface area contributed by atoms with E-state index < -0.39 is 0 Å². The largest absolute Gasteiger partial charge is 0.309 e. The fourth-order valence-corrected chi connectivity index (χ4v) is 3.24. The maximum atomic E-state index is 4.78. The molecule has 1 aromatic heterocycles. The third kappa shape index (κ3) is 2.46. The van der Waals surface area contributed by atoms with Gasteiger partial charge in [0.25, 0.3) is 0 Å². The molecule has 2 nitrogen and oxygen atoms in total. The molecule has 1 aliphatic carbocycles. The van der Waals surface area contributed by atoms with Gasteiger partial charge in [-0.1, -0.05) is 20.8 Å². The van der Waals surface area contributed by atoms with Crippen LogP contribution in [0.4, 0.5) is 0 Å². The summed E-state index contributed by atoms with van der Waals surface area (Å²) in [6.07, 6.45) is 2.48. The van der Waals surface area contributed by atoms with Gasteiger partial charge >= 0.3 is 0 Å². The average molecular weight is 238 g/mol. The van der Waals surface area contributed by atoms with Crippen LogP contribution in [0.1, 0.15) is 63.2 Å². The Balaban J connectivity index is 1.97. The number of hydrogen-bond acceptors (Lipinski definition) is 3. The first-order valence-electron chi connectivity index (χ1n) is 6.23. The Kier molecular flexibility index (Phi) is 3.36. The van der Waals surface area contributed by atoms with E-state index in [9.17, 15) is 0 Å². The van der Waals surface area contributed by atoms with Gasteiger partial charge in [-0.15, -0.1) is 11.3 Å². The van der Waals surface area contributed by atoms with E-state index in [1.54, 1.807) is 0 Å². The van der Waals surface area contributed by atoms with Gasteiger partial charge in [-0.25, -0.2) is 4.98 Å². The van der Waals surface area contributed by atoms with Crippen LogP contribution in [0, 0.1) is 5.41 Å². The molecule has 1 heterocycles. The maximum Gasteiger partial charge on any atom is 0.0965 e. The van der Waals surface area contributed by atoms with Gasteiger partial charge in [-0.2, -0.15) is 0 Å². The fraction of sp³-hybridized carbons (Fsp3) is 0.769. The van der Waals surface area contributed by atoms with Crippen LogP contribution in [-0.2, 0) is 0 Å². The smallest absolute Gasteiger partial charge is 0.0965 e. The van der Waals surface area contributed by atoms with Gasteiger partial charge in [0, 0.05) is 17.3 Å². The van der Waals surface area contributed by atoms with Crippen LogP contribution < -0.4 is 5.32 Å². The number of nitrogens with zero attached hydrogens (tertiary/aromatic N) is 1. The highest BCUT2D eigenvalue weighted by molar-refractivity contribution is 7.09. The van der Waals surface area contributed by atoms with Crippen molar-refractivity contribution in [3.63, 3.8) is 0 Å². The first-order valence-corrected chi connectivity index (χ1v) is 7.11. The molecule has 0 spiro atoms. The molecule has 2 rings (SSSR count). The highest BCUT2D eigenvalue weighted by Crippen LogP contribution is 2.59. The Morgan fingerprint density at radius 2 is 2.31 bits per heavy atom. The predicted molar refractivity (Wildman–Crippen MR) is 70.0 cm³/mol. The van der Waals surface area contributed by atoms with Crippen molar-refractivity contribution in [2.75, 3.05) is 6.54 Å². The van der Waals surface area contributed by atoms with Crippen LogP contribution in [0.2, 0.25) is 0 Å². The van der Waals surface area contributed by atoms with Gasteiger partial charge in [-0.05, 0) is 31.7 Å². The second-order valence-electron chi connectivity index (χ2n) is 5.53. The van der Waals surface area contributed by atoms with E-state index in [1.807, 2.05) is 11.3 Å². The molecule has 0 radical (unpaired) electrons. The topological polar surface area (TPSA) is 24.9 Å². The summed E-state index contributed by atoms with van der Waals surface area (Å²) in [6.45, 7) is 10.1. The molecule has 0 amide bonds. The molecule has 3 heteroatoms. The fourth-order valence-electron chi connectivity index (χ4n) is 2.01. The van der Waals surface area contributed by atoms with E-state index in [4.69, 9.17) is 4.98 Å². The third-order valence-electron chi connectivity index (χ3n) is 3.50. The second-order valence-corrected chi connectivity index (χ2v) is 6.42. The molecule has 1 fully saturated rings. The number of thiazole rings is 1. The molecule has 2 unspecified atom stereocenters. The van der Waals surface area contributed by atoms with Crippen LogP contribution in [0.3, 0.4) is 0 Å². The summed E-state index contributed by atoms with van der Waals surface area (Å²) in [5.74, 6) is 0.713. The first-order chi connectivity index (χ1) is 7.54. The molecule has 90 valence electrons. The molecule has 0 bridgehead atoms. The summed E-state index contributed by atoms with van der Waals surface area (Å²) < 4.78 is 0. The lowest BCUT2D eigenvalue weighted by Crippen LogP contribution is -2.19. The predicted octanol–water partition coefficient (Wildman–Crippen LogP) is 3.72. The third-order valence-corrected chi connectivity index (χ3v) is 4.47. The summed E-state index contributed by atoms with van der Waals surface area (Å²) in [7, 11) is 0. The molecule has 0 saturated heterocycles. The Morgan fingerprint density at radius 3 is 2.88 bits per heavy atom. The van der Waals surface area contributed by atoms with Crippen molar-refractivity contribution in [2.24, 2.45) is 5.41 Å². The van der Waals surface area contributed by atoms with Crippen LogP contribution in [0.25, 0.3) is 0 Å². The molecule has 1 saturated carbocycles. The number of nitrogens with one attached hydrogen (secondary N) is 1. The van der Waals surface area contributed by atoms with E-state index in [0.717, 1.165) is 6.54 Å². The van der Waals surface area contributed by atoms with Crippen molar-refractivity contribution in [2.45, 2.75) is 52.5 Å². The van der Waals surface area contributed by atoms with E-state index in [0.29, 0.717) is 17.4 Å². The number of aromatic nitrogens is 1. The van der Waals surface area contributed by atoms with Crippen molar-refractivity contribution in [1.82, 2.24) is 10.3 Å². The molecule has 1 aliphatic rings. The lowest BCUT2D eigenvalue weighted by molar-refractivity contribution is 0.558. The molecule has 1 N–H and O–H groups in total. The van der Waals surface area contributed by atoms with Crippen molar-refractivity contribution < 1.29 is 0 Å². The zero-order chi connectivity index (χ0) is 11.8. The monoisotopic (exact) mass is 238 g/mol. The van der Waals surface area contributed by atoms with Crippen molar-refractivity contribution >= 4 is 11.3 Å². The van der Waals surface area contributed by atoms with Gasteiger partial charge in [0.05, 0.1) is 10.7 Å². The first kappa shape index (κ1) is 12.1. The van der Waals surface area contributed by atoms with Gasteiger partial charge in [0.1, 0.15) is 0 Å². The van der Waals surface area contributed by atoms with Crippen molar-refractivity contribution in [3.8, 4) is 0 Å². The lowest BCUT2D eigenvalue weighted by atomic mass is 10.1. The zero-order valence-electron chi connectivity index (χ0n) is 10.7. The SMILES string of the molecule is CCCNC(C)c1csc(C2CC2(C)C)n1. The van der Waals surface area contributed by atoms with Crippen LogP contribution in [0.5, 0.6) is 0 Å². The molecule has 0 aliphatic heterocycles. The number of hydrogen-bond donors (Lipinski definition) is 1. The normalized spacial score (nSPS) is 24.4. The minimum absolute atomic E-state index is 0.395. The number of rotatable bonds is 5. The van der Waals surface area contributed by atoms with Crippen LogP contribution >= 0.6 is 11.3 Å². The minimum Gasteiger partial charge on any atom is -0.309 e. The van der Waals surface area contributed by atoms with Gasteiger partial charge in [-0.3, -0.25) is 0 Å². The standard InChI is InChI=1S/C13H22N2S/c1-5-6-14-9(2)11-8-16-12(15-11)10-7-13(10,3)4/h8-10,14H,5-7H2,1-4H3. The average Bonchev–Trinajstić information content (AvgIpc) is 2.67. The van der Waals surface area contributed by atoms with Gasteiger partial charge in [0.15, 0.2) is 0 Å². The molecule has 0 aromatic carbocycles. The van der Waals surface area contributed by atoms with E-state index in [-0.39, 0.29) is 0 Å². The summed E-state index contributed by atoms with van der Waals surface area (Å²) in [6, 6.07) is 0.395. The second kappa shape index (κ2) is 4.46. The lowest BCUT2D eigenvalue weighted by Gasteiger charge is -2.09. The summed E-state index contributed by atoms with van der Waals surface area (Å²) in [4.78, 5) is 4.78. The summed E-state index contributed by atoms with van der Waals surface area (Å²) in [5.41, 5.74) is 1.71. The molecule has 2 atom stereocenters. The highest BCUT2D eigenvalue weighted by atomic mass is 32.1. The molecular formula is C13H22N2S. The Labute approximate surface area is 102 Å². The van der Waals surface area contributed by atoms with Crippen LogP contribution in [0.15, 0.2) is 5.38 Å². The van der Waals surface area contributed by atoms with E-state index in [1.165, 1.54) is 23.5 Å². The van der Waals surface area contributed by atoms with E-state index >= 15 is 0 Å². The zero-order valence-corrected chi connectivity index (χ0v) is 11.5. The van der Waals surface area contributed by atoms with Gasteiger partial charge in [0.2, 0.25) is 0 Å². The molecule has 1 aromatic rings.